The second-order valence-electron chi connectivity index (χ2n) is 4.67. The largest absolute Gasteiger partial charge is 0.366 e. The molecular weight excluding hydrogens is 270 g/mol. The smallest absolute Gasteiger partial charge is 0.250 e. The van der Waals surface area contributed by atoms with Crippen LogP contribution in [-0.2, 0) is 9.53 Å². The highest BCUT2D eigenvalue weighted by Gasteiger charge is 2.12. The normalized spacial score (nSPS) is 22.3. The Morgan fingerprint density at radius 1 is 1.40 bits per heavy atom. The van der Waals surface area contributed by atoms with Gasteiger partial charge in [-0.1, -0.05) is 31.2 Å². The number of carbonyl (C=O) groups excluding carboxylic acids is 1. The highest BCUT2D eigenvalue weighted by molar-refractivity contribution is 7.80. The highest BCUT2D eigenvalue weighted by atomic mass is 32.1. The van der Waals surface area contributed by atoms with Gasteiger partial charge in [-0.25, -0.2) is 0 Å². The molecule has 0 radical (unpaired) electrons. The Hall–Kier alpha value is -1.00. The zero-order valence-electron chi connectivity index (χ0n) is 13.1. The Balaban J connectivity index is 0.000000388. The molecule has 0 fully saturated rings. The van der Waals surface area contributed by atoms with Gasteiger partial charge in [-0.05, 0) is 34.1 Å². The van der Waals surface area contributed by atoms with E-state index in [9.17, 15) is 4.79 Å². The van der Waals surface area contributed by atoms with E-state index in [1.165, 1.54) is 0 Å². The van der Waals surface area contributed by atoms with E-state index in [4.69, 9.17) is 4.74 Å². The summed E-state index contributed by atoms with van der Waals surface area (Å²) in [5.41, 5.74) is 1.67. The van der Waals surface area contributed by atoms with E-state index in [2.05, 4.69) is 30.1 Å². The van der Waals surface area contributed by atoms with Crippen LogP contribution >= 0.6 is 12.6 Å². The first-order valence-corrected chi connectivity index (χ1v) is 7.63. The van der Waals surface area contributed by atoms with Crippen molar-refractivity contribution < 1.29 is 9.53 Å². The van der Waals surface area contributed by atoms with Gasteiger partial charge in [0.2, 0.25) is 0 Å². The predicted octanol–water partition coefficient (Wildman–Crippen LogP) is 3.64. The van der Waals surface area contributed by atoms with Crippen LogP contribution in [0.3, 0.4) is 0 Å². The Labute approximate surface area is 128 Å². The predicted molar refractivity (Wildman–Crippen MR) is 88.9 cm³/mol. The summed E-state index contributed by atoms with van der Waals surface area (Å²) in [5, 5.41) is 2.79. The molecule has 0 aromatic heterocycles. The molecule has 2 unspecified atom stereocenters. The molecular formula is C16H27NO2S. The summed E-state index contributed by atoms with van der Waals surface area (Å²) >= 11 is 4.08. The summed E-state index contributed by atoms with van der Waals surface area (Å²) in [6, 6.07) is 0. The van der Waals surface area contributed by atoms with Gasteiger partial charge in [0.1, 0.15) is 0 Å². The molecule has 0 saturated heterocycles. The average molecular weight is 297 g/mol. The van der Waals surface area contributed by atoms with E-state index >= 15 is 0 Å². The molecule has 3 nitrogen and oxygen atoms in total. The molecule has 1 N–H and O–H groups in total. The standard InChI is InChI=1S/C10H17NO.C6H10OS/c1-5-7-9(4)11-10(12)8(3)6-2;1-5-2-3-6(4-8)7-5/h6-7H,5H2,1-4H3,(H,11,12);2-3,5-6,8H,4H2,1H3/b8-6-,9-7+;. The first kappa shape index (κ1) is 19.0. The van der Waals surface area contributed by atoms with E-state index < -0.39 is 0 Å². The van der Waals surface area contributed by atoms with E-state index in [0.717, 1.165) is 23.4 Å². The lowest BCUT2D eigenvalue weighted by Crippen LogP contribution is -2.21. The van der Waals surface area contributed by atoms with Crippen molar-refractivity contribution in [3.63, 3.8) is 0 Å². The molecule has 1 aliphatic rings. The van der Waals surface area contributed by atoms with Gasteiger partial charge in [-0.3, -0.25) is 4.79 Å². The quantitative estimate of drug-likeness (QED) is 0.472. The van der Waals surface area contributed by atoms with Crippen molar-refractivity contribution in [2.24, 2.45) is 0 Å². The molecule has 114 valence electrons. The third-order valence-corrected chi connectivity index (χ3v) is 3.14. The van der Waals surface area contributed by atoms with Crippen LogP contribution in [0.15, 0.2) is 35.6 Å². The minimum Gasteiger partial charge on any atom is -0.366 e. The Kier molecular flexibility index (Phi) is 10.2. The number of hydrogen-bond acceptors (Lipinski definition) is 3. The Morgan fingerprint density at radius 2 is 2.05 bits per heavy atom. The van der Waals surface area contributed by atoms with Crippen LogP contribution in [0.5, 0.6) is 0 Å². The van der Waals surface area contributed by atoms with Crippen LogP contribution in [0.1, 0.15) is 41.0 Å². The third-order valence-electron chi connectivity index (χ3n) is 2.78. The minimum atomic E-state index is -0.0142. The maximum atomic E-state index is 11.2. The topological polar surface area (TPSA) is 38.3 Å². The monoisotopic (exact) mass is 297 g/mol. The molecule has 0 bridgehead atoms. The maximum absolute atomic E-state index is 11.2. The first-order valence-electron chi connectivity index (χ1n) is 7.00. The van der Waals surface area contributed by atoms with E-state index in [1.807, 2.05) is 33.8 Å². The lowest BCUT2D eigenvalue weighted by Gasteiger charge is -2.05. The molecule has 1 amide bonds. The molecule has 1 heterocycles. The van der Waals surface area contributed by atoms with E-state index in [0.29, 0.717) is 6.10 Å². The van der Waals surface area contributed by atoms with E-state index in [1.54, 1.807) is 13.0 Å². The lowest BCUT2D eigenvalue weighted by molar-refractivity contribution is -0.116. The van der Waals surface area contributed by atoms with Gasteiger partial charge in [0.25, 0.3) is 5.91 Å². The molecule has 20 heavy (non-hydrogen) atoms. The van der Waals surface area contributed by atoms with Crippen LogP contribution in [0, 0.1) is 0 Å². The van der Waals surface area contributed by atoms with Crippen molar-refractivity contribution in [3.05, 3.63) is 35.6 Å². The number of allylic oxidation sites excluding steroid dienone is 3. The Morgan fingerprint density at radius 3 is 2.40 bits per heavy atom. The van der Waals surface area contributed by atoms with Crippen molar-refractivity contribution in [1.82, 2.24) is 5.32 Å². The molecule has 1 aliphatic heterocycles. The highest BCUT2D eigenvalue weighted by Crippen LogP contribution is 2.10. The molecule has 0 aromatic rings. The van der Waals surface area contributed by atoms with Gasteiger partial charge in [0, 0.05) is 17.0 Å². The summed E-state index contributed by atoms with van der Waals surface area (Å²) in [7, 11) is 0. The number of nitrogens with one attached hydrogen (secondary N) is 1. The fraction of sp³-hybridized carbons (Fsp3) is 0.562. The van der Waals surface area contributed by atoms with Crippen molar-refractivity contribution in [3.8, 4) is 0 Å². The van der Waals surface area contributed by atoms with Gasteiger partial charge in [-0.15, -0.1) is 0 Å². The second kappa shape index (κ2) is 10.7. The van der Waals surface area contributed by atoms with Gasteiger partial charge in [0.15, 0.2) is 0 Å². The number of ether oxygens (including phenoxy) is 1. The fourth-order valence-corrected chi connectivity index (χ4v) is 1.72. The zero-order chi connectivity index (χ0) is 15.5. The number of thiol groups is 1. The summed E-state index contributed by atoms with van der Waals surface area (Å²) in [6.07, 6.45) is 9.40. The van der Waals surface area contributed by atoms with Crippen LogP contribution < -0.4 is 5.32 Å². The number of carbonyl (C=O) groups is 1. The van der Waals surface area contributed by atoms with E-state index in [-0.39, 0.29) is 12.0 Å². The fourth-order valence-electron chi connectivity index (χ4n) is 1.52. The van der Waals surface area contributed by atoms with Crippen LogP contribution in [0.4, 0.5) is 0 Å². The Bertz CT molecular complexity index is 386. The van der Waals surface area contributed by atoms with Crippen molar-refractivity contribution in [1.29, 1.82) is 0 Å². The molecule has 0 saturated carbocycles. The summed E-state index contributed by atoms with van der Waals surface area (Å²) in [4.78, 5) is 11.2. The van der Waals surface area contributed by atoms with Gasteiger partial charge >= 0.3 is 0 Å². The summed E-state index contributed by atoms with van der Waals surface area (Å²) in [5.74, 6) is 0.778. The molecule has 2 atom stereocenters. The second-order valence-corrected chi connectivity index (χ2v) is 5.03. The van der Waals surface area contributed by atoms with Crippen molar-refractivity contribution in [2.45, 2.75) is 53.2 Å². The average Bonchev–Trinajstić information content (AvgIpc) is 2.84. The maximum Gasteiger partial charge on any atom is 0.250 e. The summed E-state index contributed by atoms with van der Waals surface area (Å²) < 4.78 is 5.32. The third kappa shape index (κ3) is 8.23. The summed E-state index contributed by atoms with van der Waals surface area (Å²) in [6.45, 7) is 9.62. The first-order chi connectivity index (χ1) is 9.44. The SMILES string of the molecule is C/C=C(/C)C(=O)N/C(C)=C/CC.CC1C=CC(CS)O1. The van der Waals surface area contributed by atoms with Crippen LogP contribution in [0.25, 0.3) is 0 Å². The van der Waals surface area contributed by atoms with Crippen LogP contribution in [-0.4, -0.2) is 23.9 Å². The molecule has 0 aromatic carbocycles. The van der Waals surface area contributed by atoms with Crippen LogP contribution in [0.2, 0.25) is 0 Å². The molecule has 0 spiro atoms. The number of amides is 1. The number of hydrogen-bond donors (Lipinski definition) is 2. The van der Waals surface area contributed by atoms with Gasteiger partial charge in [0.05, 0.1) is 12.2 Å². The van der Waals surface area contributed by atoms with Gasteiger partial charge < -0.3 is 10.1 Å². The molecule has 0 aliphatic carbocycles. The molecule has 1 rings (SSSR count). The number of rotatable bonds is 4. The molecule has 4 heteroatoms. The zero-order valence-corrected chi connectivity index (χ0v) is 14.0. The lowest BCUT2D eigenvalue weighted by atomic mass is 10.2. The van der Waals surface area contributed by atoms with Crippen molar-refractivity contribution in [2.75, 3.05) is 5.75 Å². The van der Waals surface area contributed by atoms with Gasteiger partial charge in [-0.2, -0.15) is 12.6 Å². The van der Waals surface area contributed by atoms with Crippen molar-refractivity contribution >= 4 is 18.5 Å². The minimum absolute atomic E-state index is 0.0142.